The molecule has 1 saturated heterocycles. The molecule has 2 atom stereocenters. The van der Waals surface area contributed by atoms with Crippen LogP contribution in [0, 0.1) is 5.92 Å². The van der Waals surface area contributed by atoms with E-state index in [2.05, 4.69) is 39.5 Å². The average molecular weight is 469 g/mol. The van der Waals surface area contributed by atoms with Gasteiger partial charge in [0.1, 0.15) is 5.82 Å². The Morgan fingerprint density at radius 3 is 2.29 bits per heavy atom. The molecule has 5 rings (SSSR count). The van der Waals surface area contributed by atoms with Gasteiger partial charge in [-0.05, 0) is 48.4 Å². The molecule has 2 heterocycles. The molecule has 1 N–H and O–H groups in total. The quantitative estimate of drug-likeness (QED) is 0.510. The fraction of sp³-hybridized carbons (Fsp3) is 0.345. The van der Waals surface area contributed by atoms with Gasteiger partial charge in [-0.3, -0.25) is 9.59 Å². The zero-order valence-electron chi connectivity index (χ0n) is 20.0. The second kappa shape index (κ2) is 10.7. The summed E-state index contributed by atoms with van der Waals surface area (Å²) in [6, 6.07) is 24.4. The maximum Gasteiger partial charge on any atom is 0.252 e. The van der Waals surface area contributed by atoms with E-state index < -0.39 is 0 Å². The number of piperazine rings is 1. The van der Waals surface area contributed by atoms with Gasteiger partial charge in [0.15, 0.2) is 0 Å². The van der Waals surface area contributed by atoms with Crippen molar-refractivity contribution in [1.82, 2.24) is 15.2 Å². The maximum atomic E-state index is 12.9. The molecule has 0 spiro atoms. The molecule has 1 aliphatic carbocycles. The first-order chi connectivity index (χ1) is 17.2. The minimum absolute atomic E-state index is 0.0927. The molecule has 2 amide bonds. The Kier molecular flexibility index (Phi) is 7.07. The van der Waals surface area contributed by atoms with E-state index in [1.807, 2.05) is 53.4 Å². The first kappa shape index (κ1) is 23.1. The van der Waals surface area contributed by atoms with Gasteiger partial charge in [0.05, 0.1) is 5.56 Å². The molecule has 1 aromatic heterocycles. The Bertz CT molecular complexity index is 1130. The van der Waals surface area contributed by atoms with Crippen LogP contribution in [-0.2, 0) is 11.2 Å². The van der Waals surface area contributed by atoms with Crippen LogP contribution in [0.3, 0.4) is 0 Å². The molecule has 2 unspecified atom stereocenters. The first-order valence-electron chi connectivity index (χ1n) is 12.6. The second-order valence-corrected chi connectivity index (χ2v) is 9.42. The van der Waals surface area contributed by atoms with Crippen LogP contribution < -0.4 is 10.2 Å². The highest BCUT2D eigenvalue weighted by Crippen LogP contribution is 2.48. The number of anilines is 1. The molecule has 0 bridgehead atoms. The Hall–Kier alpha value is -3.67. The summed E-state index contributed by atoms with van der Waals surface area (Å²) in [7, 11) is 0. The number of nitrogens with one attached hydrogen (secondary N) is 1. The topological polar surface area (TPSA) is 65.5 Å². The summed E-state index contributed by atoms with van der Waals surface area (Å²) < 4.78 is 0. The lowest BCUT2D eigenvalue weighted by Crippen LogP contribution is -2.49. The van der Waals surface area contributed by atoms with Gasteiger partial charge in [0.2, 0.25) is 5.91 Å². The van der Waals surface area contributed by atoms with E-state index in [1.165, 1.54) is 11.1 Å². The molecular formula is C29H32N4O2. The van der Waals surface area contributed by atoms with Crippen LogP contribution in [0.2, 0.25) is 0 Å². The molecule has 2 fully saturated rings. The minimum Gasteiger partial charge on any atom is -0.353 e. The minimum atomic E-state index is -0.0927. The van der Waals surface area contributed by atoms with Gasteiger partial charge < -0.3 is 15.1 Å². The lowest BCUT2D eigenvalue weighted by molar-refractivity contribution is -0.133. The number of carbonyl (C=O) groups is 2. The van der Waals surface area contributed by atoms with Crippen LogP contribution >= 0.6 is 0 Å². The van der Waals surface area contributed by atoms with E-state index >= 15 is 0 Å². The van der Waals surface area contributed by atoms with Crippen molar-refractivity contribution < 1.29 is 9.59 Å². The van der Waals surface area contributed by atoms with Gasteiger partial charge in [0, 0.05) is 44.8 Å². The zero-order valence-corrected chi connectivity index (χ0v) is 20.0. The van der Waals surface area contributed by atoms with Crippen molar-refractivity contribution in [2.75, 3.05) is 37.6 Å². The predicted octanol–water partition coefficient (Wildman–Crippen LogP) is 3.90. The molecule has 6 heteroatoms. The Balaban J connectivity index is 1.05. The number of carbonyl (C=O) groups excluding carboxylic acids is 2. The third-order valence-electron chi connectivity index (χ3n) is 7.03. The van der Waals surface area contributed by atoms with Gasteiger partial charge in [-0.15, -0.1) is 0 Å². The summed E-state index contributed by atoms with van der Waals surface area (Å²) in [6.45, 7) is 3.57. The van der Waals surface area contributed by atoms with Gasteiger partial charge >= 0.3 is 0 Å². The third kappa shape index (κ3) is 5.70. The summed E-state index contributed by atoms with van der Waals surface area (Å²) in [5, 5.41) is 2.98. The van der Waals surface area contributed by atoms with Crippen molar-refractivity contribution in [1.29, 1.82) is 0 Å². The fourth-order valence-corrected chi connectivity index (χ4v) is 4.88. The number of hydrogen-bond donors (Lipinski definition) is 1. The Morgan fingerprint density at radius 2 is 1.60 bits per heavy atom. The second-order valence-electron chi connectivity index (χ2n) is 9.42. The van der Waals surface area contributed by atoms with Crippen LogP contribution in [0.25, 0.3) is 0 Å². The van der Waals surface area contributed by atoms with Crippen molar-refractivity contribution in [2.45, 2.75) is 25.2 Å². The van der Waals surface area contributed by atoms with E-state index in [9.17, 15) is 9.59 Å². The van der Waals surface area contributed by atoms with E-state index in [0.717, 1.165) is 38.2 Å². The molecule has 180 valence electrons. The Labute approximate surface area is 207 Å². The van der Waals surface area contributed by atoms with E-state index in [1.54, 1.807) is 6.20 Å². The molecule has 1 aliphatic heterocycles. The molecule has 35 heavy (non-hydrogen) atoms. The standard InChI is InChI=1S/C29H32N4O2/c34-28(30-15-7-10-22-8-3-1-4-9-22)24-13-14-27(31-21-24)32-16-18-33(19-17-32)29(35)26-20-25(26)23-11-5-2-6-12-23/h1-6,8-9,11-14,21,25-26H,7,10,15-20H2,(H,30,34). The van der Waals surface area contributed by atoms with Gasteiger partial charge in [-0.2, -0.15) is 0 Å². The summed E-state index contributed by atoms with van der Waals surface area (Å²) in [5.74, 6) is 1.55. The monoisotopic (exact) mass is 468 g/mol. The molecule has 0 radical (unpaired) electrons. The number of hydrogen-bond acceptors (Lipinski definition) is 4. The summed E-state index contributed by atoms with van der Waals surface area (Å²) >= 11 is 0. The van der Waals surface area contributed by atoms with Crippen LogP contribution in [0.4, 0.5) is 5.82 Å². The number of benzene rings is 2. The van der Waals surface area contributed by atoms with Gasteiger partial charge in [0.25, 0.3) is 5.91 Å². The van der Waals surface area contributed by atoms with Crippen molar-refractivity contribution in [3.63, 3.8) is 0 Å². The lowest BCUT2D eigenvalue weighted by Gasteiger charge is -2.35. The molecule has 2 aromatic carbocycles. The highest BCUT2D eigenvalue weighted by atomic mass is 16.2. The number of aromatic nitrogens is 1. The summed E-state index contributed by atoms with van der Waals surface area (Å²) in [5.41, 5.74) is 3.12. The van der Waals surface area contributed by atoms with Crippen molar-refractivity contribution in [3.8, 4) is 0 Å². The summed E-state index contributed by atoms with van der Waals surface area (Å²) in [6.07, 6.45) is 4.45. The molecule has 1 saturated carbocycles. The molecule has 3 aromatic rings. The van der Waals surface area contributed by atoms with Crippen LogP contribution in [-0.4, -0.2) is 54.4 Å². The van der Waals surface area contributed by atoms with Crippen molar-refractivity contribution >= 4 is 17.6 Å². The normalized spacial score (nSPS) is 19.3. The number of aryl methyl sites for hydroxylation is 1. The maximum absolute atomic E-state index is 12.9. The fourth-order valence-electron chi connectivity index (χ4n) is 4.88. The number of rotatable bonds is 8. The summed E-state index contributed by atoms with van der Waals surface area (Å²) in [4.78, 5) is 34.1. The van der Waals surface area contributed by atoms with E-state index in [0.29, 0.717) is 31.1 Å². The van der Waals surface area contributed by atoms with Crippen LogP contribution in [0.5, 0.6) is 0 Å². The third-order valence-corrected chi connectivity index (χ3v) is 7.03. The van der Waals surface area contributed by atoms with E-state index in [-0.39, 0.29) is 17.7 Å². The smallest absolute Gasteiger partial charge is 0.252 e. The SMILES string of the molecule is O=C(NCCCc1ccccc1)c1ccc(N2CCN(C(=O)C3CC3c3ccccc3)CC2)nc1. The van der Waals surface area contributed by atoms with Gasteiger partial charge in [-0.1, -0.05) is 60.7 Å². The average Bonchev–Trinajstić information content (AvgIpc) is 3.73. The van der Waals surface area contributed by atoms with Crippen molar-refractivity contribution in [3.05, 3.63) is 95.7 Å². The predicted molar refractivity (Wildman–Crippen MR) is 137 cm³/mol. The lowest BCUT2D eigenvalue weighted by atomic mass is 10.1. The van der Waals surface area contributed by atoms with Gasteiger partial charge in [-0.25, -0.2) is 4.98 Å². The van der Waals surface area contributed by atoms with Crippen LogP contribution in [0.1, 0.15) is 40.2 Å². The van der Waals surface area contributed by atoms with Crippen LogP contribution in [0.15, 0.2) is 79.0 Å². The Morgan fingerprint density at radius 1 is 0.886 bits per heavy atom. The number of nitrogens with zero attached hydrogens (tertiary/aromatic N) is 3. The zero-order chi connectivity index (χ0) is 24.0. The molecule has 2 aliphatic rings. The highest BCUT2D eigenvalue weighted by Gasteiger charge is 2.46. The largest absolute Gasteiger partial charge is 0.353 e. The van der Waals surface area contributed by atoms with E-state index in [4.69, 9.17) is 0 Å². The molecular weight excluding hydrogens is 436 g/mol. The van der Waals surface area contributed by atoms with Crippen molar-refractivity contribution in [2.24, 2.45) is 5.92 Å². The first-order valence-corrected chi connectivity index (χ1v) is 12.6. The molecule has 6 nitrogen and oxygen atoms in total. The highest BCUT2D eigenvalue weighted by molar-refractivity contribution is 5.94. The number of pyridine rings is 1. The number of amides is 2.